The zero-order chi connectivity index (χ0) is 14.1. The molecule has 0 bridgehead atoms. The first kappa shape index (κ1) is 15.5. The van der Waals surface area contributed by atoms with E-state index in [1.165, 1.54) is 0 Å². The monoisotopic (exact) mass is 277 g/mol. The minimum absolute atomic E-state index is 0.0502. The van der Waals surface area contributed by atoms with Crippen molar-refractivity contribution in [2.45, 2.75) is 6.61 Å². The van der Waals surface area contributed by atoms with Gasteiger partial charge in [0.1, 0.15) is 6.61 Å². The smallest absolute Gasteiger partial charge is 0.336 e. The first-order valence-corrected chi connectivity index (χ1v) is 6.49. The average Bonchev–Trinajstić information content (AvgIpc) is 2.45. The van der Waals surface area contributed by atoms with Crippen molar-refractivity contribution in [3.05, 3.63) is 54.1 Å². The van der Waals surface area contributed by atoms with Crippen LogP contribution in [0.25, 0.3) is 6.08 Å². The van der Waals surface area contributed by atoms with Gasteiger partial charge < -0.3 is 9.47 Å². The number of benzene rings is 1. The number of carbonyl (C=O) groups is 1. The number of ether oxygens (including phenoxy) is 2. The van der Waals surface area contributed by atoms with E-state index in [-0.39, 0.29) is 18.8 Å². The van der Waals surface area contributed by atoms with E-state index in [4.69, 9.17) is 16.1 Å². The molecule has 0 aliphatic rings. The van der Waals surface area contributed by atoms with E-state index in [1.54, 1.807) is 6.08 Å². The number of hydrogen-bond donors (Lipinski definition) is 1. The molecule has 0 fully saturated rings. The standard InChI is InChI=1S/C15H17O3S/c1-3-13-4-6-14(7-5-13)11-17-10-12(2)15(16)18-8-9-19/h2-7,19H,1,8-11H2. The lowest BCUT2D eigenvalue weighted by Gasteiger charge is -2.07. The normalized spacial score (nSPS) is 9.95. The Morgan fingerprint density at radius 1 is 1.37 bits per heavy atom. The molecule has 0 atom stereocenters. The van der Waals surface area contributed by atoms with Crippen molar-refractivity contribution in [1.29, 1.82) is 0 Å². The predicted molar refractivity (Wildman–Crippen MR) is 78.8 cm³/mol. The highest BCUT2D eigenvalue weighted by molar-refractivity contribution is 7.80. The van der Waals surface area contributed by atoms with Crippen LogP contribution in [0.5, 0.6) is 0 Å². The third-order valence-electron chi connectivity index (χ3n) is 2.33. The third kappa shape index (κ3) is 5.77. The molecule has 0 saturated carbocycles. The van der Waals surface area contributed by atoms with Gasteiger partial charge in [0.25, 0.3) is 0 Å². The Bertz CT molecular complexity index is 437. The second kappa shape index (κ2) is 8.56. The highest BCUT2D eigenvalue weighted by Gasteiger charge is 2.08. The molecule has 0 saturated heterocycles. The highest BCUT2D eigenvalue weighted by Crippen LogP contribution is 2.07. The van der Waals surface area contributed by atoms with Gasteiger partial charge in [-0.3, -0.25) is 0 Å². The Balaban J connectivity index is 2.30. The summed E-state index contributed by atoms with van der Waals surface area (Å²) in [5.74, 6) is -0.0775. The maximum Gasteiger partial charge on any atom is 0.336 e. The molecular weight excluding hydrogens is 260 g/mol. The van der Waals surface area contributed by atoms with E-state index in [1.807, 2.05) is 24.3 Å². The van der Waals surface area contributed by atoms with Crippen molar-refractivity contribution in [2.24, 2.45) is 0 Å². The molecule has 101 valence electrons. The summed E-state index contributed by atoms with van der Waals surface area (Å²) in [4.78, 5) is 11.3. The van der Waals surface area contributed by atoms with Crippen LogP contribution in [0, 0.1) is 6.58 Å². The fraction of sp³-hybridized carbons (Fsp3) is 0.267. The van der Waals surface area contributed by atoms with E-state index in [0.29, 0.717) is 12.4 Å². The van der Waals surface area contributed by atoms with Gasteiger partial charge >= 0.3 is 5.97 Å². The van der Waals surface area contributed by atoms with E-state index < -0.39 is 5.97 Å². The van der Waals surface area contributed by atoms with E-state index in [0.717, 1.165) is 11.1 Å². The molecule has 0 heterocycles. The fourth-order valence-corrected chi connectivity index (χ4v) is 1.41. The Kier molecular flexibility index (Phi) is 7.00. The van der Waals surface area contributed by atoms with Gasteiger partial charge in [0.2, 0.25) is 0 Å². The molecule has 1 aromatic carbocycles. The van der Waals surface area contributed by atoms with E-state index in [2.05, 4.69) is 19.2 Å². The van der Waals surface area contributed by atoms with Crippen LogP contribution in [0.3, 0.4) is 0 Å². The summed E-state index contributed by atoms with van der Waals surface area (Å²) in [5, 5.41) is 0. The lowest BCUT2D eigenvalue weighted by Crippen LogP contribution is -2.13. The van der Waals surface area contributed by atoms with Gasteiger partial charge in [-0.1, -0.05) is 36.9 Å². The minimum atomic E-state index is -0.545. The number of rotatable bonds is 8. The summed E-state index contributed by atoms with van der Waals surface area (Å²) >= 11 is 3.93. The Morgan fingerprint density at radius 3 is 2.63 bits per heavy atom. The molecule has 0 amide bonds. The number of carbonyl (C=O) groups excluding carboxylic acids is 1. The zero-order valence-electron chi connectivity index (χ0n) is 10.7. The maximum atomic E-state index is 11.3. The summed E-state index contributed by atoms with van der Waals surface area (Å²) in [7, 11) is 0. The summed E-state index contributed by atoms with van der Waals surface area (Å²) in [6.45, 7) is 9.91. The van der Waals surface area contributed by atoms with Gasteiger partial charge in [-0.25, -0.2) is 4.79 Å². The molecule has 0 aromatic heterocycles. The topological polar surface area (TPSA) is 35.5 Å². The summed E-state index contributed by atoms with van der Waals surface area (Å²) in [5.41, 5.74) is 2.11. The Labute approximate surface area is 119 Å². The van der Waals surface area contributed by atoms with Gasteiger partial charge in [0.05, 0.1) is 18.8 Å². The van der Waals surface area contributed by atoms with Crippen molar-refractivity contribution in [2.75, 3.05) is 19.0 Å². The summed E-state index contributed by atoms with van der Waals surface area (Å²) < 4.78 is 10.2. The van der Waals surface area contributed by atoms with Gasteiger partial charge in [0.15, 0.2) is 0 Å². The molecular formula is C15H17O3S. The molecule has 0 unspecified atom stereocenters. The maximum absolute atomic E-state index is 11.3. The second-order valence-electron chi connectivity index (χ2n) is 3.82. The van der Waals surface area contributed by atoms with Gasteiger partial charge in [-0.15, -0.1) is 0 Å². The van der Waals surface area contributed by atoms with Crippen LogP contribution >= 0.6 is 12.6 Å². The van der Waals surface area contributed by atoms with Crippen molar-refractivity contribution in [3.8, 4) is 0 Å². The summed E-state index contributed by atoms with van der Waals surface area (Å²) in [6, 6.07) is 7.76. The molecule has 3 nitrogen and oxygen atoms in total. The lowest BCUT2D eigenvalue weighted by atomic mass is 10.1. The van der Waals surface area contributed by atoms with Gasteiger partial charge in [-0.2, -0.15) is 12.6 Å². The van der Waals surface area contributed by atoms with Crippen molar-refractivity contribution >= 4 is 24.7 Å². The number of hydrogen-bond acceptors (Lipinski definition) is 4. The first-order chi connectivity index (χ1) is 9.17. The summed E-state index contributed by atoms with van der Waals surface area (Å²) in [6.07, 6.45) is 1.77. The molecule has 1 rings (SSSR count). The van der Waals surface area contributed by atoms with Gasteiger partial charge in [0, 0.05) is 5.75 Å². The van der Waals surface area contributed by atoms with Crippen LogP contribution in [0.1, 0.15) is 11.1 Å². The Morgan fingerprint density at radius 2 is 2.05 bits per heavy atom. The number of thiol groups is 1. The molecule has 4 heteroatoms. The molecule has 19 heavy (non-hydrogen) atoms. The van der Waals surface area contributed by atoms with Crippen LogP contribution < -0.4 is 0 Å². The van der Waals surface area contributed by atoms with E-state index >= 15 is 0 Å². The Hall–Kier alpha value is -1.52. The third-order valence-corrected chi connectivity index (χ3v) is 2.51. The van der Waals surface area contributed by atoms with Crippen molar-refractivity contribution in [1.82, 2.24) is 0 Å². The molecule has 1 radical (unpaired) electrons. The number of esters is 1. The SMILES string of the molecule is [CH]=C(COCc1ccc(C=C)cc1)C(=O)OCCS. The zero-order valence-corrected chi connectivity index (χ0v) is 11.6. The van der Waals surface area contributed by atoms with Gasteiger partial charge in [-0.05, 0) is 17.7 Å². The van der Waals surface area contributed by atoms with Crippen LogP contribution in [-0.2, 0) is 20.9 Å². The quantitative estimate of drug-likeness (QED) is 0.451. The predicted octanol–water partition coefficient (Wildman–Crippen LogP) is 2.68. The molecule has 0 N–H and O–H groups in total. The van der Waals surface area contributed by atoms with Crippen LogP contribution in [0.2, 0.25) is 0 Å². The van der Waals surface area contributed by atoms with Crippen LogP contribution in [0.4, 0.5) is 0 Å². The van der Waals surface area contributed by atoms with Crippen LogP contribution in [0.15, 0.2) is 36.4 Å². The lowest BCUT2D eigenvalue weighted by molar-refractivity contribution is -0.139. The molecule has 0 aliphatic heterocycles. The second-order valence-corrected chi connectivity index (χ2v) is 4.27. The van der Waals surface area contributed by atoms with Crippen LogP contribution in [-0.4, -0.2) is 24.9 Å². The molecule has 0 aliphatic carbocycles. The largest absolute Gasteiger partial charge is 0.461 e. The fourth-order valence-electron chi connectivity index (χ4n) is 1.32. The highest BCUT2D eigenvalue weighted by atomic mass is 32.1. The molecule has 0 spiro atoms. The average molecular weight is 277 g/mol. The van der Waals surface area contributed by atoms with Crippen molar-refractivity contribution in [3.63, 3.8) is 0 Å². The minimum Gasteiger partial charge on any atom is -0.461 e. The van der Waals surface area contributed by atoms with E-state index in [9.17, 15) is 4.79 Å². The first-order valence-electron chi connectivity index (χ1n) is 5.85. The van der Waals surface area contributed by atoms with Crippen molar-refractivity contribution < 1.29 is 14.3 Å². The molecule has 1 aromatic rings.